The number of carbonyl (C=O) groups excluding carboxylic acids is 1. The Labute approximate surface area is 126 Å². The van der Waals surface area contributed by atoms with Gasteiger partial charge in [0, 0.05) is 17.0 Å². The van der Waals surface area contributed by atoms with E-state index in [1.54, 1.807) is 30.5 Å². The van der Waals surface area contributed by atoms with Gasteiger partial charge in [-0.05, 0) is 30.7 Å². The number of anilines is 1. The average Bonchev–Trinajstić information content (AvgIpc) is 2.49. The molecule has 0 radical (unpaired) electrons. The third-order valence-corrected chi connectivity index (χ3v) is 3.30. The average molecular weight is 335 g/mol. The number of hydrogen-bond acceptors (Lipinski definition) is 3. The van der Waals surface area contributed by atoms with Crippen molar-refractivity contribution in [1.82, 2.24) is 4.98 Å². The highest BCUT2D eigenvalue weighted by Crippen LogP contribution is 2.14. The molecular weight excluding hydrogens is 320 g/mol. The number of hydrogen-bond donors (Lipinski definition) is 1. The summed E-state index contributed by atoms with van der Waals surface area (Å²) in [7, 11) is 0. The number of halogens is 1. The van der Waals surface area contributed by atoms with Gasteiger partial charge in [-0.15, -0.1) is 0 Å². The maximum absolute atomic E-state index is 12.0. The molecule has 1 heterocycles. The summed E-state index contributed by atoms with van der Waals surface area (Å²) in [5.74, 6) is 0.393. The lowest BCUT2D eigenvalue weighted by atomic mass is 10.1. The second-order valence-electron chi connectivity index (χ2n) is 4.10. The molecule has 1 aromatic carbocycles. The predicted molar refractivity (Wildman–Crippen MR) is 82.4 cm³/mol. The van der Waals surface area contributed by atoms with Crippen LogP contribution < -0.4 is 10.1 Å². The third kappa shape index (κ3) is 3.81. The normalized spacial score (nSPS) is 10.1. The van der Waals surface area contributed by atoms with Gasteiger partial charge in [0.05, 0.1) is 18.5 Å². The number of carbonyl (C=O) groups is 1. The molecule has 0 bridgehead atoms. The Morgan fingerprint density at radius 3 is 2.55 bits per heavy atom. The van der Waals surface area contributed by atoms with Crippen LogP contribution in [0.3, 0.4) is 0 Å². The number of aromatic nitrogens is 1. The van der Waals surface area contributed by atoms with Crippen LogP contribution in [0.5, 0.6) is 5.88 Å². The summed E-state index contributed by atoms with van der Waals surface area (Å²) in [5, 5.41) is 3.57. The third-order valence-electron chi connectivity index (χ3n) is 2.66. The molecule has 1 amide bonds. The minimum atomic E-state index is -0.155. The largest absolute Gasteiger partial charge is 0.478 e. The number of alkyl halides is 1. The summed E-state index contributed by atoms with van der Waals surface area (Å²) >= 11 is 3.37. The summed E-state index contributed by atoms with van der Waals surface area (Å²) in [6.45, 7) is 2.46. The molecule has 5 heteroatoms. The summed E-state index contributed by atoms with van der Waals surface area (Å²) in [5.41, 5.74) is 2.39. The lowest BCUT2D eigenvalue weighted by Crippen LogP contribution is -2.12. The Bertz CT molecular complexity index is 567. The molecule has 104 valence electrons. The molecule has 0 unspecified atom stereocenters. The number of nitrogens with one attached hydrogen (secondary N) is 1. The number of pyridine rings is 1. The van der Waals surface area contributed by atoms with Crippen LogP contribution in [0.1, 0.15) is 22.8 Å². The molecule has 0 atom stereocenters. The lowest BCUT2D eigenvalue weighted by molar-refractivity contribution is 0.102. The maximum Gasteiger partial charge on any atom is 0.255 e. The van der Waals surface area contributed by atoms with E-state index in [2.05, 4.69) is 26.2 Å². The van der Waals surface area contributed by atoms with Crippen molar-refractivity contribution in [2.45, 2.75) is 12.3 Å². The van der Waals surface area contributed by atoms with Gasteiger partial charge in [-0.2, -0.15) is 0 Å². The molecular formula is C15H15BrN2O2. The number of ether oxygens (including phenoxy) is 1. The Kier molecular flexibility index (Phi) is 5.12. The number of benzene rings is 1. The molecule has 2 aromatic rings. The van der Waals surface area contributed by atoms with Crippen molar-refractivity contribution in [3.63, 3.8) is 0 Å². The lowest BCUT2D eigenvalue weighted by Gasteiger charge is -2.06. The van der Waals surface area contributed by atoms with Gasteiger partial charge < -0.3 is 10.1 Å². The summed E-state index contributed by atoms with van der Waals surface area (Å²) in [6, 6.07) is 10.9. The topological polar surface area (TPSA) is 51.2 Å². The zero-order valence-electron chi connectivity index (χ0n) is 11.1. The van der Waals surface area contributed by atoms with E-state index in [1.165, 1.54) is 0 Å². The monoisotopic (exact) mass is 334 g/mol. The van der Waals surface area contributed by atoms with Gasteiger partial charge in [-0.3, -0.25) is 4.79 Å². The van der Waals surface area contributed by atoms with E-state index >= 15 is 0 Å². The van der Waals surface area contributed by atoms with Crippen molar-refractivity contribution in [3.8, 4) is 5.88 Å². The zero-order valence-corrected chi connectivity index (χ0v) is 12.7. The fourth-order valence-electron chi connectivity index (χ4n) is 1.64. The first-order valence-corrected chi connectivity index (χ1v) is 7.40. The number of rotatable bonds is 5. The second kappa shape index (κ2) is 7.05. The van der Waals surface area contributed by atoms with Crippen LogP contribution >= 0.6 is 15.9 Å². The van der Waals surface area contributed by atoms with Crippen molar-refractivity contribution in [1.29, 1.82) is 0 Å². The molecule has 0 saturated carbocycles. The first-order valence-electron chi connectivity index (χ1n) is 6.28. The highest BCUT2D eigenvalue weighted by molar-refractivity contribution is 9.08. The van der Waals surface area contributed by atoms with Crippen LogP contribution in [-0.2, 0) is 5.33 Å². The van der Waals surface area contributed by atoms with E-state index in [-0.39, 0.29) is 5.91 Å². The molecule has 0 aliphatic carbocycles. The van der Waals surface area contributed by atoms with E-state index in [9.17, 15) is 4.79 Å². The first kappa shape index (κ1) is 14.5. The molecule has 1 aromatic heterocycles. The fraction of sp³-hybridized carbons (Fsp3) is 0.200. The summed E-state index contributed by atoms with van der Waals surface area (Å²) in [4.78, 5) is 16.1. The van der Waals surface area contributed by atoms with E-state index in [0.717, 1.165) is 10.9 Å². The molecule has 1 N–H and O–H groups in total. The standard InChI is InChI=1S/C15H15BrN2O2/c1-2-20-14-8-7-13(10-17-14)18-15(19)12-5-3-11(9-16)4-6-12/h3-8,10H,2,9H2,1H3,(H,18,19). The van der Waals surface area contributed by atoms with Crippen LogP contribution in [0.2, 0.25) is 0 Å². The minimum absolute atomic E-state index is 0.155. The highest BCUT2D eigenvalue weighted by atomic mass is 79.9. The summed E-state index contributed by atoms with van der Waals surface area (Å²) in [6.07, 6.45) is 1.58. The SMILES string of the molecule is CCOc1ccc(NC(=O)c2ccc(CBr)cc2)cn1. The number of nitrogens with zero attached hydrogens (tertiary/aromatic N) is 1. The smallest absolute Gasteiger partial charge is 0.255 e. The Morgan fingerprint density at radius 1 is 1.25 bits per heavy atom. The predicted octanol–water partition coefficient (Wildman–Crippen LogP) is 3.63. The molecule has 2 rings (SSSR count). The van der Waals surface area contributed by atoms with E-state index in [4.69, 9.17) is 4.74 Å². The van der Waals surface area contributed by atoms with Crippen LogP contribution in [-0.4, -0.2) is 17.5 Å². The van der Waals surface area contributed by atoms with Crippen molar-refractivity contribution < 1.29 is 9.53 Å². The van der Waals surface area contributed by atoms with E-state index < -0.39 is 0 Å². The molecule has 0 spiro atoms. The fourth-order valence-corrected chi connectivity index (χ4v) is 2.01. The molecule has 20 heavy (non-hydrogen) atoms. The second-order valence-corrected chi connectivity index (χ2v) is 4.66. The van der Waals surface area contributed by atoms with Crippen LogP contribution in [0.15, 0.2) is 42.6 Å². The summed E-state index contributed by atoms with van der Waals surface area (Å²) < 4.78 is 5.25. The van der Waals surface area contributed by atoms with Gasteiger partial charge in [0.25, 0.3) is 5.91 Å². The quantitative estimate of drug-likeness (QED) is 0.849. The number of amides is 1. The Hall–Kier alpha value is -1.88. The molecule has 0 aliphatic heterocycles. The van der Waals surface area contributed by atoms with Gasteiger partial charge in [0.2, 0.25) is 5.88 Å². The van der Waals surface area contributed by atoms with Crippen LogP contribution in [0.4, 0.5) is 5.69 Å². The van der Waals surface area contributed by atoms with Crippen molar-refractivity contribution in [2.24, 2.45) is 0 Å². The van der Waals surface area contributed by atoms with Gasteiger partial charge in [-0.1, -0.05) is 28.1 Å². The van der Waals surface area contributed by atoms with Gasteiger partial charge in [-0.25, -0.2) is 4.98 Å². The van der Waals surface area contributed by atoms with Crippen molar-refractivity contribution >= 4 is 27.5 Å². The molecule has 0 saturated heterocycles. The van der Waals surface area contributed by atoms with Crippen LogP contribution in [0, 0.1) is 0 Å². The Morgan fingerprint density at radius 2 is 2.00 bits per heavy atom. The maximum atomic E-state index is 12.0. The van der Waals surface area contributed by atoms with Crippen LogP contribution in [0.25, 0.3) is 0 Å². The van der Waals surface area contributed by atoms with Crippen molar-refractivity contribution in [3.05, 3.63) is 53.7 Å². The highest BCUT2D eigenvalue weighted by Gasteiger charge is 2.06. The van der Waals surface area contributed by atoms with E-state index in [0.29, 0.717) is 23.7 Å². The molecule has 0 fully saturated rings. The minimum Gasteiger partial charge on any atom is -0.478 e. The van der Waals surface area contributed by atoms with Gasteiger partial charge >= 0.3 is 0 Å². The zero-order chi connectivity index (χ0) is 14.4. The van der Waals surface area contributed by atoms with Crippen molar-refractivity contribution in [2.75, 3.05) is 11.9 Å². The van der Waals surface area contributed by atoms with Gasteiger partial charge in [0.15, 0.2) is 0 Å². The first-order chi connectivity index (χ1) is 9.72. The molecule has 4 nitrogen and oxygen atoms in total. The van der Waals surface area contributed by atoms with E-state index in [1.807, 2.05) is 19.1 Å². The van der Waals surface area contributed by atoms with Gasteiger partial charge in [0.1, 0.15) is 0 Å². The molecule has 0 aliphatic rings. The Balaban J connectivity index is 2.02.